The number of carbonyl (C=O) groups is 2. The molecule has 2 aliphatic rings. The molecule has 1 saturated carbocycles. The van der Waals surface area contributed by atoms with Crippen molar-refractivity contribution in [1.82, 2.24) is 9.62 Å². The summed E-state index contributed by atoms with van der Waals surface area (Å²) in [5, 5.41) is 5.82. The Morgan fingerprint density at radius 3 is 2.21 bits per heavy atom. The third-order valence-corrected chi connectivity index (χ3v) is 8.20. The lowest BCUT2D eigenvalue weighted by Crippen LogP contribution is -2.43. The van der Waals surface area contributed by atoms with Gasteiger partial charge in [-0.3, -0.25) is 9.59 Å². The fraction of sp³-hybridized carbons (Fsp3) is 0.417. The molecule has 2 amide bonds. The highest BCUT2D eigenvalue weighted by Gasteiger charge is 2.39. The van der Waals surface area contributed by atoms with Gasteiger partial charge in [-0.2, -0.15) is 4.31 Å². The van der Waals surface area contributed by atoms with E-state index in [1.807, 2.05) is 0 Å². The third kappa shape index (κ3) is 5.42. The first kappa shape index (κ1) is 23.4. The number of nitrogens with zero attached hydrogens (tertiary/aromatic N) is 1. The van der Waals surface area contributed by atoms with Gasteiger partial charge in [0.15, 0.2) is 0 Å². The molecule has 2 aromatic rings. The largest absolute Gasteiger partial charge is 0.349 e. The quantitative estimate of drug-likeness (QED) is 0.669. The summed E-state index contributed by atoms with van der Waals surface area (Å²) in [6.07, 6.45) is 6.42. The third-order valence-electron chi connectivity index (χ3n) is 6.28. The van der Waals surface area contributed by atoms with Gasteiger partial charge >= 0.3 is 0 Å². The molecule has 0 spiro atoms. The van der Waals surface area contributed by atoms with Crippen LogP contribution in [-0.2, 0) is 14.8 Å². The molecule has 1 aliphatic carbocycles. The SMILES string of the molecule is O=C(NC1CCCCC1)c1ccc(NC(=O)[C@@H]2CCCN2S(=O)(=O)c2ccc(F)cc2)cc1. The molecule has 4 rings (SSSR count). The normalized spacial score (nSPS) is 19.8. The van der Waals surface area contributed by atoms with Gasteiger partial charge in [0.2, 0.25) is 15.9 Å². The summed E-state index contributed by atoms with van der Waals surface area (Å²) in [4.78, 5) is 25.3. The number of anilines is 1. The number of carbonyl (C=O) groups excluding carboxylic acids is 2. The molecule has 176 valence electrons. The number of rotatable bonds is 6. The van der Waals surface area contributed by atoms with Crippen LogP contribution in [0.3, 0.4) is 0 Å². The summed E-state index contributed by atoms with van der Waals surface area (Å²) in [5.74, 6) is -1.09. The van der Waals surface area contributed by atoms with Crippen LogP contribution in [0, 0.1) is 5.82 Å². The first-order valence-corrected chi connectivity index (χ1v) is 12.8. The van der Waals surface area contributed by atoms with Crippen molar-refractivity contribution in [3.05, 3.63) is 59.9 Å². The molecule has 1 aliphatic heterocycles. The predicted octanol–water partition coefficient (Wildman–Crippen LogP) is 3.68. The van der Waals surface area contributed by atoms with E-state index in [1.54, 1.807) is 24.3 Å². The molecule has 9 heteroatoms. The van der Waals surface area contributed by atoms with E-state index in [0.717, 1.165) is 37.8 Å². The van der Waals surface area contributed by atoms with Crippen molar-refractivity contribution in [3.8, 4) is 0 Å². The molecule has 0 radical (unpaired) electrons. The Labute approximate surface area is 193 Å². The Morgan fingerprint density at radius 2 is 1.55 bits per heavy atom. The van der Waals surface area contributed by atoms with E-state index in [-0.39, 0.29) is 23.4 Å². The highest BCUT2D eigenvalue weighted by molar-refractivity contribution is 7.89. The molecule has 0 aromatic heterocycles. The van der Waals surface area contributed by atoms with Gasteiger partial charge in [0.05, 0.1) is 4.90 Å². The van der Waals surface area contributed by atoms with Crippen molar-refractivity contribution in [2.24, 2.45) is 0 Å². The molecule has 2 aromatic carbocycles. The van der Waals surface area contributed by atoms with Crippen molar-refractivity contribution in [3.63, 3.8) is 0 Å². The Kier molecular flexibility index (Phi) is 7.09. The summed E-state index contributed by atoms with van der Waals surface area (Å²) >= 11 is 0. The lowest BCUT2D eigenvalue weighted by atomic mass is 9.95. The molecule has 1 heterocycles. The Balaban J connectivity index is 1.40. The van der Waals surface area contributed by atoms with E-state index in [4.69, 9.17) is 0 Å². The number of nitrogens with one attached hydrogen (secondary N) is 2. The smallest absolute Gasteiger partial charge is 0.251 e. The average molecular weight is 474 g/mol. The summed E-state index contributed by atoms with van der Waals surface area (Å²) in [6.45, 7) is 0.220. The van der Waals surface area contributed by atoms with Gasteiger partial charge in [-0.05, 0) is 74.2 Å². The maximum absolute atomic E-state index is 13.2. The number of halogens is 1. The number of sulfonamides is 1. The Bertz CT molecular complexity index is 1100. The molecular formula is C24H28FN3O4S. The zero-order chi connectivity index (χ0) is 23.4. The van der Waals surface area contributed by atoms with E-state index in [9.17, 15) is 22.4 Å². The van der Waals surface area contributed by atoms with E-state index >= 15 is 0 Å². The fourth-order valence-electron chi connectivity index (χ4n) is 4.48. The van der Waals surface area contributed by atoms with E-state index < -0.39 is 27.8 Å². The summed E-state index contributed by atoms with van der Waals surface area (Å²) < 4.78 is 40.3. The standard InChI is InChI=1S/C24H28FN3O4S/c25-18-10-14-21(15-11-18)33(31,32)28-16-4-7-22(28)24(30)27-20-12-8-17(9-13-20)23(29)26-19-5-2-1-3-6-19/h8-15,19,22H,1-7,16H2,(H,26,29)(H,27,30)/t22-/m0/s1. The van der Waals surface area contributed by atoms with Gasteiger partial charge in [0.25, 0.3) is 5.91 Å². The summed E-state index contributed by atoms with van der Waals surface area (Å²) in [5.41, 5.74) is 1.00. The summed E-state index contributed by atoms with van der Waals surface area (Å²) in [7, 11) is -3.92. The van der Waals surface area contributed by atoms with Crippen LogP contribution in [0.15, 0.2) is 53.4 Å². The highest BCUT2D eigenvalue weighted by atomic mass is 32.2. The van der Waals surface area contributed by atoms with Gasteiger partial charge < -0.3 is 10.6 Å². The minimum absolute atomic E-state index is 0.0445. The van der Waals surface area contributed by atoms with Gasteiger partial charge in [-0.25, -0.2) is 12.8 Å². The predicted molar refractivity (Wildman–Crippen MR) is 123 cm³/mol. The van der Waals surface area contributed by atoms with Crippen LogP contribution in [-0.4, -0.2) is 43.2 Å². The van der Waals surface area contributed by atoms with Crippen LogP contribution in [0.2, 0.25) is 0 Å². The van der Waals surface area contributed by atoms with E-state index in [2.05, 4.69) is 10.6 Å². The molecular weight excluding hydrogens is 445 g/mol. The van der Waals surface area contributed by atoms with E-state index in [1.165, 1.54) is 22.9 Å². The monoisotopic (exact) mass is 473 g/mol. The van der Waals surface area contributed by atoms with Crippen molar-refractivity contribution in [2.45, 2.75) is 61.9 Å². The average Bonchev–Trinajstić information content (AvgIpc) is 3.32. The molecule has 0 unspecified atom stereocenters. The van der Waals surface area contributed by atoms with Crippen LogP contribution < -0.4 is 10.6 Å². The first-order chi connectivity index (χ1) is 15.8. The Hall–Kier alpha value is -2.78. The molecule has 7 nitrogen and oxygen atoms in total. The maximum atomic E-state index is 13.2. The number of hydrogen-bond acceptors (Lipinski definition) is 4. The second-order valence-electron chi connectivity index (χ2n) is 8.60. The zero-order valence-electron chi connectivity index (χ0n) is 18.3. The molecule has 33 heavy (non-hydrogen) atoms. The highest BCUT2D eigenvalue weighted by Crippen LogP contribution is 2.27. The summed E-state index contributed by atoms with van der Waals surface area (Å²) in [6, 6.07) is 10.5. The van der Waals surface area contributed by atoms with Crippen LogP contribution >= 0.6 is 0 Å². The van der Waals surface area contributed by atoms with Gasteiger partial charge in [-0.1, -0.05) is 19.3 Å². The van der Waals surface area contributed by atoms with Gasteiger partial charge in [0.1, 0.15) is 11.9 Å². The molecule has 0 bridgehead atoms. The molecule has 1 atom stereocenters. The van der Waals surface area contributed by atoms with Gasteiger partial charge in [-0.15, -0.1) is 0 Å². The topological polar surface area (TPSA) is 95.6 Å². The number of amides is 2. The van der Waals surface area contributed by atoms with Crippen LogP contribution in [0.25, 0.3) is 0 Å². The number of hydrogen-bond donors (Lipinski definition) is 2. The van der Waals surface area contributed by atoms with Crippen molar-refractivity contribution in [1.29, 1.82) is 0 Å². The van der Waals surface area contributed by atoms with Crippen LogP contribution in [0.1, 0.15) is 55.3 Å². The van der Waals surface area contributed by atoms with Crippen LogP contribution in [0.5, 0.6) is 0 Å². The Morgan fingerprint density at radius 1 is 0.879 bits per heavy atom. The molecule has 1 saturated heterocycles. The lowest BCUT2D eigenvalue weighted by molar-refractivity contribution is -0.119. The minimum atomic E-state index is -3.92. The maximum Gasteiger partial charge on any atom is 0.251 e. The number of benzene rings is 2. The van der Waals surface area contributed by atoms with Crippen molar-refractivity contribution < 1.29 is 22.4 Å². The lowest BCUT2D eigenvalue weighted by Gasteiger charge is -2.23. The zero-order valence-corrected chi connectivity index (χ0v) is 19.1. The second-order valence-corrected chi connectivity index (χ2v) is 10.5. The van der Waals surface area contributed by atoms with Crippen LogP contribution in [0.4, 0.5) is 10.1 Å². The molecule has 2 N–H and O–H groups in total. The minimum Gasteiger partial charge on any atom is -0.349 e. The van der Waals surface area contributed by atoms with E-state index in [0.29, 0.717) is 24.1 Å². The van der Waals surface area contributed by atoms with Crippen molar-refractivity contribution in [2.75, 3.05) is 11.9 Å². The van der Waals surface area contributed by atoms with Crippen molar-refractivity contribution >= 4 is 27.5 Å². The molecule has 2 fully saturated rings. The first-order valence-electron chi connectivity index (χ1n) is 11.3. The second kappa shape index (κ2) is 10.0. The fourth-order valence-corrected chi connectivity index (χ4v) is 6.13. The van der Waals surface area contributed by atoms with Gasteiger partial charge in [0, 0.05) is 23.8 Å².